The van der Waals surface area contributed by atoms with Crippen molar-refractivity contribution in [3.63, 3.8) is 0 Å². The van der Waals surface area contributed by atoms with Crippen molar-refractivity contribution in [2.45, 2.75) is 13.5 Å². The van der Waals surface area contributed by atoms with Crippen molar-refractivity contribution in [3.8, 4) is 11.5 Å². The summed E-state index contributed by atoms with van der Waals surface area (Å²) in [7, 11) is 0. The zero-order chi connectivity index (χ0) is 17.5. The molecule has 0 amide bonds. The number of benzene rings is 2. The van der Waals surface area contributed by atoms with Gasteiger partial charge in [0.05, 0.1) is 39.0 Å². The molecule has 0 atom stereocenters. The number of rotatable bonds is 6. The van der Waals surface area contributed by atoms with Crippen molar-refractivity contribution in [1.82, 2.24) is 5.01 Å². The molecule has 0 aliphatic carbocycles. The molecule has 0 spiro atoms. The summed E-state index contributed by atoms with van der Waals surface area (Å²) in [5.74, 6) is 0.657. The Balaban J connectivity index is 1.54. The van der Waals surface area contributed by atoms with Crippen LogP contribution in [0.4, 0.5) is 0 Å². The summed E-state index contributed by atoms with van der Waals surface area (Å²) in [5, 5.41) is 16.8. The number of para-hydroxylation sites is 1. The van der Waals surface area contributed by atoms with Gasteiger partial charge in [-0.25, -0.2) is 0 Å². The first-order chi connectivity index (χ1) is 12.3. The molecule has 2 aromatic carbocycles. The minimum atomic E-state index is 0.154. The number of nitrogens with zero attached hydrogens (tertiary/aromatic N) is 2. The number of ether oxygens (including phenoxy) is 1. The van der Waals surface area contributed by atoms with Gasteiger partial charge in [0, 0.05) is 11.1 Å². The van der Waals surface area contributed by atoms with Crippen LogP contribution in [0, 0.1) is 0 Å². The Morgan fingerprint density at radius 3 is 2.60 bits per heavy atom. The fourth-order valence-electron chi connectivity index (χ4n) is 3.05. The zero-order valence-electron chi connectivity index (χ0n) is 14.7. The van der Waals surface area contributed by atoms with Crippen LogP contribution in [0.15, 0.2) is 53.6 Å². The summed E-state index contributed by atoms with van der Waals surface area (Å²) in [6.45, 7) is 7.47. The van der Waals surface area contributed by atoms with Crippen LogP contribution in [0.25, 0.3) is 0 Å². The molecule has 25 heavy (non-hydrogen) atoms. The third kappa shape index (κ3) is 4.73. The normalized spacial score (nSPS) is 15.6. The molecule has 5 heteroatoms. The molecule has 1 heterocycles. The Morgan fingerprint density at radius 1 is 1.12 bits per heavy atom. The number of phenolic OH excluding ortho intramolecular Hbond substituents is 1. The summed E-state index contributed by atoms with van der Waals surface area (Å²) >= 11 is 0. The predicted molar refractivity (Wildman–Crippen MR) is 99.3 cm³/mol. The van der Waals surface area contributed by atoms with Crippen molar-refractivity contribution in [2.75, 3.05) is 32.8 Å². The molecule has 1 aliphatic rings. The lowest BCUT2D eigenvalue weighted by Gasteiger charge is -2.30. The van der Waals surface area contributed by atoms with Crippen molar-refractivity contribution in [2.24, 2.45) is 5.10 Å². The van der Waals surface area contributed by atoms with Gasteiger partial charge in [-0.2, -0.15) is 5.10 Å². The van der Waals surface area contributed by atoms with E-state index in [1.807, 2.05) is 19.1 Å². The number of aromatic hydroxyl groups is 1. The molecule has 1 aliphatic heterocycles. The van der Waals surface area contributed by atoms with Crippen LogP contribution in [0.2, 0.25) is 0 Å². The smallest absolute Gasteiger partial charge is 0.166 e. The highest BCUT2D eigenvalue weighted by Crippen LogP contribution is 2.28. The van der Waals surface area contributed by atoms with Gasteiger partial charge in [-0.1, -0.05) is 36.4 Å². The molecule has 0 aromatic heterocycles. The van der Waals surface area contributed by atoms with Gasteiger partial charge in [0.25, 0.3) is 0 Å². The van der Waals surface area contributed by atoms with Gasteiger partial charge in [-0.15, -0.1) is 0 Å². The first kappa shape index (κ1) is 17.3. The Morgan fingerprint density at radius 2 is 1.88 bits per heavy atom. The molecule has 2 aromatic rings. The highest BCUT2D eigenvalue weighted by molar-refractivity contribution is 5.84. The first-order valence-electron chi connectivity index (χ1n) is 8.87. The lowest BCUT2D eigenvalue weighted by Crippen LogP contribution is -3.13. The van der Waals surface area contributed by atoms with E-state index in [1.165, 1.54) is 5.56 Å². The molecule has 5 nitrogen and oxygen atoms in total. The second-order valence-corrected chi connectivity index (χ2v) is 6.24. The van der Waals surface area contributed by atoms with Gasteiger partial charge in [0.2, 0.25) is 0 Å². The topological polar surface area (TPSA) is 49.5 Å². The second kappa shape index (κ2) is 8.53. The zero-order valence-corrected chi connectivity index (χ0v) is 14.7. The average molecular weight is 340 g/mol. The van der Waals surface area contributed by atoms with Gasteiger partial charge in [-0.3, -0.25) is 5.01 Å². The minimum absolute atomic E-state index is 0.154. The SMILES string of the molecule is CCOc1cccc(C=NN2CC[NH+](Cc3ccccc3)CC2)c1O. The number of hydrogen-bond acceptors (Lipinski definition) is 4. The third-order valence-electron chi connectivity index (χ3n) is 4.43. The van der Waals surface area contributed by atoms with Crippen LogP contribution in [-0.2, 0) is 6.54 Å². The molecular formula is C20H26N3O2+. The molecular weight excluding hydrogens is 314 g/mol. The monoisotopic (exact) mass is 340 g/mol. The molecule has 1 saturated heterocycles. The van der Waals surface area contributed by atoms with Crippen LogP contribution in [0.5, 0.6) is 11.5 Å². The fraction of sp³-hybridized carbons (Fsp3) is 0.350. The van der Waals surface area contributed by atoms with Crippen molar-refractivity contribution in [3.05, 3.63) is 59.7 Å². The summed E-state index contributed by atoms with van der Waals surface area (Å²) in [5.41, 5.74) is 2.07. The Labute approximate surface area is 149 Å². The summed E-state index contributed by atoms with van der Waals surface area (Å²) in [4.78, 5) is 1.58. The Hall–Kier alpha value is -2.53. The predicted octanol–water partition coefficient (Wildman–Crippen LogP) is 1.53. The molecule has 0 bridgehead atoms. The average Bonchev–Trinajstić information content (AvgIpc) is 2.65. The number of quaternary nitrogens is 1. The minimum Gasteiger partial charge on any atom is -0.504 e. The summed E-state index contributed by atoms with van der Waals surface area (Å²) < 4.78 is 5.41. The fourth-order valence-corrected chi connectivity index (χ4v) is 3.05. The summed E-state index contributed by atoms with van der Waals surface area (Å²) in [6.07, 6.45) is 1.72. The first-order valence-corrected chi connectivity index (χ1v) is 8.87. The molecule has 2 N–H and O–H groups in total. The maximum Gasteiger partial charge on any atom is 0.166 e. The quantitative estimate of drug-likeness (QED) is 0.784. The van der Waals surface area contributed by atoms with Crippen LogP contribution >= 0.6 is 0 Å². The standard InChI is InChI=1S/C20H25N3O2/c1-2-25-19-10-6-9-18(20(19)24)15-21-23-13-11-22(12-14-23)16-17-7-4-3-5-8-17/h3-10,15,24H,2,11-14,16H2,1H3/p+1. The van der Waals surface area contributed by atoms with Crippen LogP contribution in [0.3, 0.4) is 0 Å². The summed E-state index contributed by atoms with van der Waals surface area (Å²) in [6, 6.07) is 16.1. The highest BCUT2D eigenvalue weighted by atomic mass is 16.5. The molecule has 0 radical (unpaired) electrons. The maximum absolute atomic E-state index is 10.2. The largest absolute Gasteiger partial charge is 0.504 e. The van der Waals surface area contributed by atoms with Crippen molar-refractivity contribution in [1.29, 1.82) is 0 Å². The molecule has 3 rings (SSSR count). The van der Waals surface area contributed by atoms with Crippen LogP contribution < -0.4 is 9.64 Å². The molecule has 0 saturated carbocycles. The van der Waals surface area contributed by atoms with E-state index in [4.69, 9.17) is 4.74 Å². The van der Waals surface area contributed by atoms with Crippen LogP contribution in [0.1, 0.15) is 18.1 Å². The number of hydrogen-bond donors (Lipinski definition) is 2. The van der Waals surface area contributed by atoms with E-state index in [9.17, 15) is 5.11 Å². The van der Waals surface area contributed by atoms with E-state index in [0.29, 0.717) is 17.9 Å². The number of phenols is 1. The van der Waals surface area contributed by atoms with E-state index in [0.717, 1.165) is 32.7 Å². The van der Waals surface area contributed by atoms with Crippen LogP contribution in [-0.4, -0.2) is 49.1 Å². The Kier molecular flexibility index (Phi) is 5.90. The van der Waals surface area contributed by atoms with Crippen molar-refractivity contribution >= 4 is 6.21 Å². The van der Waals surface area contributed by atoms with Gasteiger partial charge in [0.15, 0.2) is 11.5 Å². The molecule has 1 fully saturated rings. The van der Waals surface area contributed by atoms with E-state index in [1.54, 1.807) is 17.2 Å². The maximum atomic E-state index is 10.2. The third-order valence-corrected chi connectivity index (χ3v) is 4.43. The van der Waals surface area contributed by atoms with Gasteiger partial charge in [-0.05, 0) is 19.1 Å². The second-order valence-electron chi connectivity index (χ2n) is 6.24. The number of nitrogens with one attached hydrogen (secondary N) is 1. The van der Waals surface area contributed by atoms with E-state index in [-0.39, 0.29) is 5.75 Å². The number of piperazine rings is 1. The van der Waals surface area contributed by atoms with Gasteiger partial charge in [0.1, 0.15) is 6.54 Å². The molecule has 0 unspecified atom stereocenters. The molecule has 132 valence electrons. The Bertz CT molecular complexity index is 695. The van der Waals surface area contributed by atoms with Gasteiger partial charge < -0.3 is 14.7 Å². The van der Waals surface area contributed by atoms with E-state index < -0.39 is 0 Å². The van der Waals surface area contributed by atoms with E-state index >= 15 is 0 Å². The highest BCUT2D eigenvalue weighted by Gasteiger charge is 2.18. The van der Waals surface area contributed by atoms with E-state index in [2.05, 4.69) is 40.4 Å². The lowest BCUT2D eigenvalue weighted by molar-refractivity contribution is -0.918. The number of hydrazone groups is 1. The lowest BCUT2D eigenvalue weighted by atomic mass is 10.2. The van der Waals surface area contributed by atoms with Crippen molar-refractivity contribution < 1.29 is 14.7 Å². The van der Waals surface area contributed by atoms with Gasteiger partial charge >= 0.3 is 0 Å².